The van der Waals surface area contributed by atoms with Crippen molar-refractivity contribution in [3.63, 3.8) is 0 Å². The topological polar surface area (TPSA) is 54.9 Å². The number of methoxy groups -OCH3 is 2. The SMILES string of the molecule is CN=C(NCc1cc(Br)c(OC)c(OC)c1)NCC1(C)CCCS1.I. The highest BCUT2D eigenvalue weighted by atomic mass is 127. The number of ether oxygens (including phenoxy) is 2. The summed E-state index contributed by atoms with van der Waals surface area (Å²) in [5, 5.41) is 6.79. The van der Waals surface area contributed by atoms with E-state index < -0.39 is 0 Å². The molecule has 0 radical (unpaired) electrons. The zero-order chi connectivity index (χ0) is 17.6. The third kappa shape index (κ3) is 6.39. The lowest BCUT2D eigenvalue weighted by molar-refractivity contribution is 0.352. The van der Waals surface area contributed by atoms with E-state index in [1.807, 2.05) is 23.9 Å². The molecule has 1 aromatic carbocycles. The maximum Gasteiger partial charge on any atom is 0.191 e. The van der Waals surface area contributed by atoms with Crippen LogP contribution in [-0.4, -0.2) is 44.3 Å². The summed E-state index contributed by atoms with van der Waals surface area (Å²) in [5.41, 5.74) is 1.09. The van der Waals surface area contributed by atoms with E-state index in [1.54, 1.807) is 21.3 Å². The lowest BCUT2D eigenvalue weighted by Crippen LogP contribution is -2.43. The number of benzene rings is 1. The first kappa shape index (κ1) is 22.7. The summed E-state index contributed by atoms with van der Waals surface area (Å²) in [5.74, 6) is 3.48. The molecule has 5 nitrogen and oxygen atoms in total. The molecule has 0 saturated carbocycles. The summed E-state index contributed by atoms with van der Waals surface area (Å²) in [6, 6.07) is 3.99. The Bertz CT molecular complexity index is 596. The van der Waals surface area contributed by atoms with Gasteiger partial charge in [0, 0.05) is 24.9 Å². The smallest absolute Gasteiger partial charge is 0.191 e. The second kappa shape index (κ2) is 10.7. The van der Waals surface area contributed by atoms with Gasteiger partial charge in [0.15, 0.2) is 17.5 Å². The van der Waals surface area contributed by atoms with E-state index in [0.29, 0.717) is 22.8 Å². The summed E-state index contributed by atoms with van der Waals surface area (Å²) in [6.07, 6.45) is 2.55. The Morgan fingerprint density at radius 1 is 1.32 bits per heavy atom. The molecule has 0 bridgehead atoms. The van der Waals surface area contributed by atoms with E-state index >= 15 is 0 Å². The summed E-state index contributed by atoms with van der Waals surface area (Å²) >= 11 is 5.56. The van der Waals surface area contributed by atoms with Gasteiger partial charge in [-0.3, -0.25) is 4.99 Å². The Labute approximate surface area is 180 Å². The van der Waals surface area contributed by atoms with Gasteiger partial charge in [-0.15, -0.1) is 24.0 Å². The third-order valence-electron chi connectivity index (χ3n) is 4.11. The largest absolute Gasteiger partial charge is 0.493 e. The van der Waals surface area contributed by atoms with E-state index in [9.17, 15) is 0 Å². The van der Waals surface area contributed by atoms with Crippen molar-refractivity contribution in [3.05, 3.63) is 22.2 Å². The van der Waals surface area contributed by atoms with Crippen LogP contribution in [-0.2, 0) is 6.54 Å². The summed E-state index contributed by atoms with van der Waals surface area (Å²) in [4.78, 5) is 4.31. The number of hydrogen-bond donors (Lipinski definition) is 2. The van der Waals surface area contributed by atoms with Gasteiger partial charge >= 0.3 is 0 Å². The normalized spacial score (nSPS) is 20.0. The number of aliphatic imine (C=N–C) groups is 1. The molecule has 142 valence electrons. The molecular formula is C17H27BrIN3O2S. The van der Waals surface area contributed by atoms with Crippen LogP contribution in [0.5, 0.6) is 11.5 Å². The van der Waals surface area contributed by atoms with Crippen molar-refractivity contribution < 1.29 is 9.47 Å². The van der Waals surface area contributed by atoms with Crippen LogP contribution in [0.2, 0.25) is 0 Å². The second-order valence-electron chi connectivity index (χ2n) is 5.99. The molecule has 1 aliphatic rings. The number of nitrogens with zero attached hydrogens (tertiary/aromatic N) is 1. The Kier molecular flexibility index (Phi) is 9.73. The molecule has 25 heavy (non-hydrogen) atoms. The van der Waals surface area contributed by atoms with Crippen molar-refractivity contribution in [2.75, 3.05) is 33.6 Å². The molecule has 0 aromatic heterocycles. The van der Waals surface area contributed by atoms with Crippen LogP contribution in [0.3, 0.4) is 0 Å². The minimum atomic E-state index is 0. The summed E-state index contributed by atoms with van der Waals surface area (Å²) in [6.45, 7) is 3.89. The Hall–Kier alpha value is -0.350. The molecular weight excluding hydrogens is 517 g/mol. The molecule has 1 heterocycles. The monoisotopic (exact) mass is 543 g/mol. The van der Waals surface area contributed by atoms with Crippen LogP contribution in [0.1, 0.15) is 25.3 Å². The van der Waals surface area contributed by atoms with Crippen molar-refractivity contribution in [2.24, 2.45) is 4.99 Å². The van der Waals surface area contributed by atoms with Crippen LogP contribution in [0.4, 0.5) is 0 Å². The van der Waals surface area contributed by atoms with Crippen LogP contribution in [0.25, 0.3) is 0 Å². The predicted molar refractivity (Wildman–Crippen MR) is 121 cm³/mol. The number of guanidine groups is 1. The number of rotatable bonds is 6. The van der Waals surface area contributed by atoms with Crippen LogP contribution >= 0.6 is 51.7 Å². The van der Waals surface area contributed by atoms with E-state index in [1.165, 1.54) is 18.6 Å². The van der Waals surface area contributed by atoms with Crippen LogP contribution in [0.15, 0.2) is 21.6 Å². The van der Waals surface area contributed by atoms with E-state index in [4.69, 9.17) is 9.47 Å². The molecule has 2 N–H and O–H groups in total. The molecule has 0 aliphatic carbocycles. The van der Waals surface area contributed by atoms with Crippen molar-refractivity contribution >= 4 is 57.6 Å². The van der Waals surface area contributed by atoms with Gasteiger partial charge in [0.2, 0.25) is 0 Å². The molecule has 1 atom stereocenters. The fourth-order valence-electron chi connectivity index (χ4n) is 2.73. The lowest BCUT2D eigenvalue weighted by atomic mass is 10.1. The number of hydrogen-bond acceptors (Lipinski definition) is 4. The Morgan fingerprint density at radius 2 is 2.08 bits per heavy atom. The maximum absolute atomic E-state index is 5.39. The van der Waals surface area contributed by atoms with Crippen LogP contribution < -0.4 is 20.1 Å². The van der Waals surface area contributed by atoms with Gasteiger partial charge in [-0.2, -0.15) is 11.8 Å². The zero-order valence-electron chi connectivity index (χ0n) is 15.1. The predicted octanol–water partition coefficient (Wildman–Crippen LogP) is 4.04. The molecule has 8 heteroatoms. The van der Waals surface area contributed by atoms with Gasteiger partial charge in [-0.05, 0) is 59.1 Å². The fourth-order valence-corrected chi connectivity index (χ4v) is 4.62. The molecule has 1 unspecified atom stereocenters. The first-order chi connectivity index (χ1) is 11.5. The van der Waals surface area contributed by atoms with Crippen molar-refractivity contribution in [3.8, 4) is 11.5 Å². The van der Waals surface area contributed by atoms with Crippen molar-refractivity contribution in [1.29, 1.82) is 0 Å². The fraction of sp³-hybridized carbons (Fsp3) is 0.588. The highest BCUT2D eigenvalue weighted by molar-refractivity contribution is 14.0. The minimum Gasteiger partial charge on any atom is -0.493 e. The van der Waals surface area contributed by atoms with Gasteiger partial charge < -0.3 is 20.1 Å². The molecule has 1 aliphatic heterocycles. The van der Waals surface area contributed by atoms with E-state index in [-0.39, 0.29) is 24.0 Å². The minimum absolute atomic E-state index is 0. The first-order valence-corrected chi connectivity index (χ1v) is 9.78. The van der Waals surface area contributed by atoms with Crippen molar-refractivity contribution in [1.82, 2.24) is 10.6 Å². The number of thioether (sulfide) groups is 1. The van der Waals surface area contributed by atoms with Gasteiger partial charge in [0.1, 0.15) is 0 Å². The average molecular weight is 544 g/mol. The number of halogens is 2. The van der Waals surface area contributed by atoms with Gasteiger partial charge in [0.05, 0.1) is 18.7 Å². The maximum atomic E-state index is 5.39. The highest BCUT2D eigenvalue weighted by Gasteiger charge is 2.29. The quantitative estimate of drug-likeness (QED) is 0.322. The standard InChI is InChI=1S/C17H26BrN3O2S.HI/c1-17(6-5-7-24-17)11-21-16(19-2)20-10-12-8-13(18)15(23-4)14(9-12)22-3;/h8-9H,5-7,10-11H2,1-4H3,(H2,19,20,21);1H. The van der Waals surface area contributed by atoms with Gasteiger partial charge in [-0.25, -0.2) is 0 Å². The second-order valence-corrected chi connectivity index (χ2v) is 8.53. The van der Waals surface area contributed by atoms with Gasteiger partial charge in [0.25, 0.3) is 0 Å². The lowest BCUT2D eigenvalue weighted by Gasteiger charge is -2.24. The molecule has 0 spiro atoms. The average Bonchev–Trinajstić information content (AvgIpc) is 3.01. The third-order valence-corrected chi connectivity index (χ3v) is 6.23. The first-order valence-electron chi connectivity index (χ1n) is 8.00. The summed E-state index contributed by atoms with van der Waals surface area (Å²) < 4.78 is 11.9. The Balaban J connectivity index is 0.00000312. The Morgan fingerprint density at radius 3 is 2.64 bits per heavy atom. The molecule has 1 fully saturated rings. The van der Waals surface area contributed by atoms with Crippen LogP contribution in [0, 0.1) is 0 Å². The molecule has 1 saturated heterocycles. The van der Waals surface area contributed by atoms with E-state index in [0.717, 1.165) is 22.5 Å². The van der Waals surface area contributed by atoms with Crippen molar-refractivity contribution in [2.45, 2.75) is 31.1 Å². The van der Waals surface area contributed by atoms with E-state index in [2.05, 4.69) is 38.5 Å². The van der Waals surface area contributed by atoms with Gasteiger partial charge in [-0.1, -0.05) is 0 Å². The summed E-state index contributed by atoms with van der Waals surface area (Å²) in [7, 11) is 5.07. The number of nitrogens with one attached hydrogen (secondary N) is 2. The molecule has 2 rings (SSSR count). The molecule has 1 aromatic rings. The highest BCUT2D eigenvalue weighted by Crippen LogP contribution is 2.37. The zero-order valence-corrected chi connectivity index (χ0v) is 19.9. The molecule has 0 amide bonds.